The molecular weight excluding hydrogens is 270 g/mol. The van der Waals surface area contributed by atoms with Crippen LogP contribution in [0.25, 0.3) is 11.3 Å². The number of benzene rings is 1. The molecule has 0 bridgehead atoms. The highest BCUT2D eigenvalue weighted by Gasteiger charge is 2.14. The Morgan fingerprint density at radius 1 is 1.30 bits per heavy atom. The van der Waals surface area contributed by atoms with E-state index >= 15 is 0 Å². The summed E-state index contributed by atoms with van der Waals surface area (Å²) in [7, 11) is 0. The normalized spacial score (nSPS) is 10.8. The number of amides is 1. The van der Waals surface area contributed by atoms with Crippen LogP contribution >= 0.6 is 11.3 Å². The molecule has 4 nitrogen and oxygen atoms in total. The number of nitrogens with two attached hydrogens (primary N) is 1. The van der Waals surface area contributed by atoms with Crippen LogP contribution in [-0.4, -0.2) is 10.9 Å². The Morgan fingerprint density at radius 3 is 2.60 bits per heavy atom. The van der Waals surface area contributed by atoms with Crippen LogP contribution in [0, 0.1) is 19.8 Å². The lowest BCUT2D eigenvalue weighted by atomic mass is 10.0. The number of aryl methyl sites for hydroxylation is 2. The highest BCUT2D eigenvalue weighted by Crippen LogP contribution is 2.34. The zero-order chi connectivity index (χ0) is 14.9. The number of thiazole rings is 1. The quantitative estimate of drug-likeness (QED) is 0.907. The molecule has 5 heteroatoms. The molecule has 0 fully saturated rings. The predicted molar refractivity (Wildman–Crippen MR) is 84.9 cm³/mol. The molecular formula is C15H19N3OS. The molecule has 0 aliphatic rings. The van der Waals surface area contributed by atoms with E-state index in [0.29, 0.717) is 10.1 Å². The highest BCUT2D eigenvalue weighted by atomic mass is 32.1. The Kier molecular flexibility index (Phi) is 4.09. The molecule has 0 aliphatic carbocycles. The molecule has 0 saturated heterocycles. The van der Waals surface area contributed by atoms with Crippen LogP contribution in [0.3, 0.4) is 0 Å². The fourth-order valence-electron chi connectivity index (χ4n) is 1.73. The van der Waals surface area contributed by atoms with Gasteiger partial charge in [0.15, 0.2) is 5.13 Å². The van der Waals surface area contributed by atoms with Crippen molar-refractivity contribution < 1.29 is 4.79 Å². The van der Waals surface area contributed by atoms with Gasteiger partial charge in [-0.25, -0.2) is 4.98 Å². The largest absolute Gasteiger partial charge is 0.389 e. The van der Waals surface area contributed by atoms with Crippen molar-refractivity contribution in [2.45, 2.75) is 27.7 Å². The summed E-state index contributed by atoms with van der Waals surface area (Å²) in [5, 5.41) is 3.96. The number of anilines is 2. The first-order chi connectivity index (χ1) is 9.38. The second-order valence-electron chi connectivity index (χ2n) is 5.17. The average molecular weight is 289 g/mol. The lowest BCUT2D eigenvalue weighted by molar-refractivity contribution is -0.118. The van der Waals surface area contributed by atoms with Crippen molar-refractivity contribution in [1.29, 1.82) is 0 Å². The minimum Gasteiger partial charge on any atom is -0.389 e. The number of aromatic nitrogens is 1. The summed E-state index contributed by atoms with van der Waals surface area (Å²) in [6.45, 7) is 7.81. The first kappa shape index (κ1) is 14.5. The van der Waals surface area contributed by atoms with Gasteiger partial charge in [0.05, 0.1) is 0 Å². The molecule has 0 saturated carbocycles. The van der Waals surface area contributed by atoms with Crippen molar-refractivity contribution >= 4 is 27.4 Å². The zero-order valence-corrected chi connectivity index (χ0v) is 13.0. The van der Waals surface area contributed by atoms with Gasteiger partial charge in [0.1, 0.15) is 10.7 Å². The molecule has 0 radical (unpaired) electrons. The Bertz CT molecular complexity index is 647. The molecule has 20 heavy (non-hydrogen) atoms. The second kappa shape index (κ2) is 5.63. The number of rotatable bonds is 3. The molecule has 1 amide bonds. The van der Waals surface area contributed by atoms with Gasteiger partial charge >= 0.3 is 0 Å². The highest BCUT2D eigenvalue weighted by molar-refractivity contribution is 7.20. The van der Waals surface area contributed by atoms with Gasteiger partial charge < -0.3 is 11.1 Å². The van der Waals surface area contributed by atoms with E-state index in [4.69, 9.17) is 5.73 Å². The topological polar surface area (TPSA) is 68.0 Å². The maximum Gasteiger partial charge on any atom is 0.228 e. The lowest BCUT2D eigenvalue weighted by Gasteiger charge is -2.04. The van der Waals surface area contributed by atoms with E-state index in [1.54, 1.807) is 0 Å². The van der Waals surface area contributed by atoms with Gasteiger partial charge in [0.25, 0.3) is 0 Å². The van der Waals surface area contributed by atoms with E-state index in [-0.39, 0.29) is 11.8 Å². The van der Waals surface area contributed by atoms with Crippen molar-refractivity contribution in [3.63, 3.8) is 0 Å². The number of hydrogen-bond donors (Lipinski definition) is 2. The summed E-state index contributed by atoms with van der Waals surface area (Å²) >= 11 is 1.30. The molecule has 0 aliphatic heterocycles. The minimum atomic E-state index is -0.0785. The summed E-state index contributed by atoms with van der Waals surface area (Å²) < 4.78 is 0. The van der Waals surface area contributed by atoms with Crippen LogP contribution in [0.2, 0.25) is 0 Å². The number of nitrogens with one attached hydrogen (secondary N) is 1. The van der Waals surface area contributed by atoms with E-state index < -0.39 is 0 Å². The summed E-state index contributed by atoms with van der Waals surface area (Å²) in [6, 6.07) is 6.12. The molecule has 0 unspecified atom stereocenters. The standard InChI is InChI=1S/C15H19N3OS/c1-8(2)14(19)18-15-17-12(13(16)20-15)11-6-5-9(3)10(4)7-11/h5-8H,16H2,1-4H3,(H,17,18,19). The average Bonchev–Trinajstić information content (AvgIpc) is 2.73. The molecule has 0 spiro atoms. The van der Waals surface area contributed by atoms with E-state index in [0.717, 1.165) is 11.3 Å². The van der Waals surface area contributed by atoms with Crippen molar-refractivity contribution in [1.82, 2.24) is 4.98 Å². The van der Waals surface area contributed by atoms with Crippen LogP contribution in [0.15, 0.2) is 18.2 Å². The summed E-state index contributed by atoms with van der Waals surface area (Å²) in [5.74, 6) is -0.129. The Balaban J connectivity index is 2.31. The molecule has 2 aromatic rings. The Labute approximate surface area is 123 Å². The molecule has 1 aromatic carbocycles. The van der Waals surface area contributed by atoms with Gasteiger partial charge in [0, 0.05) is 11.5 Å². The molecule has 3 N–H and O–H groups in total. The summed E-state index contributed by atoms with van der Waals surface area (Å²) in [6.07, 6.45) is 0. The van der Waals surface area contributed by atoms with Crippen LogP contribution in [0.5, 0.6) is 0 Å². The fourth-order valence-corrected chi connectivity index (χ4v) is 2.49. The smallest absolute Gasteiger partial charge is 0.228 e. The van der Waals surface area contributed by atoms with Gasteiger partial charge in [-0.1, -0.05) is 37.3 Å². The Morgan fingerprint density at radius 2 is 2.00 bits per heavy atom. The number of hydrogen-bond acceptors (Lipinski definition) is 4. The van der Waals surface area contributed by atoms with Crippen LogP contribution in [-0.2, 0) is 4.79 Å². The molecule has 0 atom stereocenters. The third-order valence-electron chi connectivity index (χ3n) is 3.19. The monoisotopic (exact) mass is 289 g/mol. The van der Waals surface area contributed by atoms with Gasteiger partial charge in [0.2, 0.25) is 5.91 Å². The van der Waals surface area contributed by atoms with E-state index in [2.05, 4.69) is 36.3 Å². The van der Waals surface area contributed by atoms with Crippen molar-refractivity contribution in [3.05, 3.63) is 29.3 Å². The first-order valence-electron chi connectivity index (χ1n) is 6.53. The van der Waals surface area contributed by atoms with Crippen molar-refractivity contribution in [3.8, 4) is 11.3 Å². The van der Waals surface area contributed by atoms with Crippen LogP contribution < -0.4 is 11.1 Å². The second-order valence-corrected chi connectivity index (χ2v) is 6.21. The third kappa shape index (κ3) is 2.99. The maximum absolute atomic E-state index is 11.7. The van der Waals surface area contributed by atoms with E-state index in [9.17, 15) is 4.79 Å². The van der Waals surface area contributed by atoms with Crippen LogP contribution in [0.4, 0.5) is 10.1 Å². The van der Waals surface area contributed by atoms with Crippen molar-refractivity contribution in [2.75, 3.05) is 11.1 Å². The number of nitrogen functional groups attached to an aromatic ring is 1. The van der Waals surface area contributed by atoms with E-state index in [1.165, 1.54) is 22.5 Å². The van der Waals surface area contributed by atoms with E-state index in [1.807, 2.05) is 19.9 Å². The molecule has 1 heterocycles. The molecule has 2 rings (SSSR count). The molecule has 106 valence electrons. The van der Waals surface area contributed by atoms with Gasteiger partial charge in [-0.05, 0) is 31.0 Å². The van der Waals surface area contributed by atoms with Gasteiger partial charge in [-0.2, -0.15) is 0 Å². The van der Waals surface area contributed by atoms with Gasteiger partial charge in [-0.15, -0.1) is 0 Å². The SMILES string of the molecule is Cc1ccc(-c2nc(NC(=O)C(C)C)sc2N)cc1C. The Hall–Kier alpha value is -1.88. The number of nitrogens with zero attached hydrogens (tertiary/aromatic N) is 1. The van der Waals surface area contributed by atoms with Crippen molar-refractivity contribution in [2.24, 2.45) is 5.92 Å². The maximum atomic E-state index is 11.7. The number of carbonyl (C=O) groups excluding carboxylic acids is 1. The third-order valence-corrected chi connectivity index (χ3v) is 3.99. The fraction of sp³-hybridized carbons (Fsp3) is 0.333. The molecule has 1 aromatic heterocycles. The van der Waals surface area contributed by atoms with Gasteiger partial charge in [-0.3, -0.25) is 4.79 Å². The van der Waals surface area contributed by atoms with Crippen LogP contribution in [0.1, 0.15) is 25.0 Å². The lowest BCUT2D eigenvalue weighted by Crippen LogP contribution is -2.17. The zero-order valence-electron chi connectivity index (χ0n) is 12.2. The summed E-state index contributed by atoms with van der Waals surface area (Å²) in [4.78, 5) is 16.1. The predicted octanol–water partition coefficient (Wildman–Crippen LogP) is 3.60. The first-order valence-corrected chi connectivity index (χ1v) is 7.35. The number of carbonyl (C=O) groups is 1. The minimum absolute atomic E-state index is 0.0506. The summed E-state index contributed by atoms with van der Waals surface area (Å²) in [5.41, 5.74) is 10.2.